The molecule has 6 nitrogen and oxygen atoms in total. The van der Waals surface area contributed by atoms with Gasteiger partial charge in [-0.1, -0.05) is 6.07 Å². The number of primary amides is 1. The van der Waals surface area contributed by atoms with Gasteiger partial charge in [0.15, 0.2) is 0 Å². The number of carbonyl (C=O) groups is 1. The number of methoxy groups -OCH3 is 1. The van der Waals surface area contributed by atoms with Gasteiger partial charge in [-0.15, -0.1) is 0 Å². The first-order valence-corrected chi connectivity index (χ1v) is 6.46. The Hall–Kier alpha value is -2.25. The molecule has 0 radical (unpaired) electrons. The van der Waals surface area contributed by atoms with E-state index in [9.17, 15) is 9.18 Å². The third kappa shape index (κ3) is 3.65. The Morgan fingerprint density at radius 1 is 1.48 bits per heavy atom. The van der Waals surface area contributed by atoms with E-state index in [1.54, 1.807) is 25.4 Å². The van der Waals surface area contributed by atoms with Crippen molar-refractivity contribution >= 4 is 5.91 Å². The number of benzene rings is 1. The van der Waals surface area contributed by atoms with Crippen LogP contribution in [0.3, 0.4) is 0 Å². The Kier molecular flexibility index (Phi) is 5.02. The van der Waals surface area contributed by atoms with Crippen molar-refractivity contribution in [3.63, 3.8) is 0 Å². The van der Waals surface area contributed by atoms with Crippen LogP contribution in [-0.2, 0) is 11.3 Å². The van der Waals surface area contributed by atoms with Crippen molar-refractivity contribution in [1.29, 1.82) is 0 Å². The van der Waals surface area contributed by atoms with E-state index in [1.807, 2.05) is 0 Å². The van der Waals surface area contributed by atoms with Crippen LogP contribution in [0, 0.1) is 5.82 Å². The van der Waals surface area contributed by atoms with Gasteiger partial charge in [0.05, 0.1) is 12.3 Å². The third-order valence-electron chi connectivity index (χ3n) is 2.97. The molecule has 1 aromatic heterocycles. The van der Waals surface area contributed by atoms with Crippen LogP contribution in [0.25, 0.3) is 5.69 Å². The van der Waals surface area contributed by atoms with Gasteiger partial charge >= 0.3 is 0 Å². The van der Waals surface area contributed by atoms with Gasteiger partial charge < -0.3 is 15.8 Å². The van der Waals surface area contributed by atoms with Crippen molar-refractivity contribution in [2.45, 2.75) is 6.54 Å². The first-order chi connectivity index (χ1) is 10.1. The number of halogens is 1. The highest BCUT2D eigenvalue weighted by molar-refractivity contribution is 5.90. The first-order valence-electron chi connectivity index (χ1n) is 6.46. The van der Waals surface area contributed by atoms with E-state index in [-0.39, 0.29) is 11.5 Å². The summed E-state index contributed by atoms with van der Waals surface area (Å²) in [5.74, 6) is -0.960. The van der Waals surface area contributed by atoms with Gasteiger partial charge in [-0.2, -0.15) is 5.10 Å². The summed E-state index contributed by atoms with van der Waals surface area (Å²) < 4.78 is 20.4. The molecule has 0 saturated carbocycles. The Balaban J connectivity index is 2.25. The highest BCUT2D eigenvalue weighted by Crippen LogP contribution is 2.17. The Bertz CT molecular complexity index is 627. The fourth-order valence-corrected chi connectivity index (χ4v) is 1.91. The minimum atomic E-state index is -0.620. The number of hydrogen-bond donors (Lipinski definition) is 2. The summed E-state index contributed by atoms with van der Waals surface area (Å²) >= 11 is 0. The monoisotopic (exact) mass is 292 g/mol. The number of rotatable bonds is 7. The van der Waals surface area contributed by atoms with Crippen molar-refractivity contribution in [2.75, 3.05) is 20.3 Å². The molecular formula is C14H17FN4O2. The Labute approximate surface area is 121 Å². The van der Waals surface area contributed by atoms with Gasteiger partial charge in [0.25, 0.3) is 5.91 Å². The lowest BCUT2D eigenvalue weighted by Crippen LogP contribution is -2.20. The summed E-state index contributed by atoms with van der Waals surface area (Å²) in [6, 6.07) is 6.20. The molecule has 21 heavy (non-hydrogen) atoms. The molecule has 3 N–H and O–H groups in total. The van der Waals surface area contributed by atoms with Crippen molar-refractivity contribution in [2.24, 2.45) is 5.73 Å². The summed E-state index contributed by atoms with van der Waals surface area (Å²) in [5, 5.41) is 7.13. The van der Waals surface area contributed by atoms with Crippen molar-refractivity contribution in [3.05, 3.63) is 47.5 Å². The van der Waals surface area contributed by atoms with Crippen molar-refractivity contribution in [3.8, 4) is 5.69 Å². The number of hydrogen-bond acceptors (Lipinski definition) is 4. The zero-order valence-electron chi connectivity index (χ0n) is 11.7. The fourth-order valence-electron chi connectivity index (χ4n) is 1.91. The number of ether oxygens (including phenoxy) is 1. The van der Waals surface area contributed by atoms with E-state index in [1.165, 1.54) is 16.8 Å². The van der Waals surface area contributed by atoms with E-state index in [4.69, 9.17) is 10.5 Å². The maximum Gasteiger partial charge on any atom is 0.269 e. The summed E-state index contributed by atoms with van der Waals surface area (Å²) in [5.41, 5.74) is 6.34. The lowest BCUT2D eigenvalue weighted by molar-refractivity contribution is 0.0995. The SMILES string of the molecule is COCCNCc1c(F)cccc1-n1ccc(C(N)=O)n1. The molecule has 0 aliphatic heterocycles. The summed E-state index contributed by atoms with van der Waals surface area (Å²) in [6.07, 6.45) is 1.58. The van der Waals surface area contributed by atoms with Crippen LogP contribution in [0.4, 0.5) is 4.39 Å². The molecule has 0 fully saturated rings. The van der Waals surface area contributed by atoms with Gasteiger partial charge in [-0.25, -0.2) is 9.07 Å². The molecule has 1 heterocycles. The average molecular weight is 292 g/mol. The third-order valence-corrected chi connectivity index (χ3v) is 2.97. The normalized spacial score (nSPS) is 10.8. The second kappa shape index (κ2) is 6.96. The second-order valence-electron chi connectivity index (χ2n) is 4.42. The van der Waals surface area contributed by atoms with Crippen LogP contribution in [0.1, 0.15) is 16.1 Å². The second-order valence-corrected chi connectivity index (χ2v) is 4.42. The highest BCUT2D eigenvalue weighted by atomic mass is 19.1. The van der Waals surface area contributed by atoms with E-state index in [0.717, 1.165) is 0 Å². The van der Waals surface area contributed by atoms with Gasteiger partial charge in [-0.3, -0.25) is 4.79 Å². The lowest BCUT2D eigenvalue weighted by atomic mass is 10.1. The molecule has 112 valence electrons. The van der Waals surface area contributed by atoms with Crippen LogP contribution in [0.2, 0.25) is 0 Å². The molecule has 0 bridgehead atoms. The van der Waals surface area contributed by atoms with E-state index < -0.39 is 5.91 Å². The number of nitrogens with two attached hydrogens (primary N) is 1. The highest BCUT2D eigenvalue weighted by Gasteiger charge is 2.12. The lowest BCUT2D eigenvalue weighted by Gasteiger charge is -2.11. The van der Waals surface area contributed by atoms with Crippen LogP contribution in [0.5, 0.6) is 0 Å². The Morgan fingerprint density at radius 3 is 2.95 bits per heavy atom. The number of aromatic nitrogens is 2. The molecule has 2 rings (SSSR count). The smallest absolute Gasteiger partial charge is 0.269 e. The van der Waals surface area contributed by atoms with Crippen LogP contribution >= 0.6 is 0 Å². The maximum absolute atomic E-state index is 14.0. The summed E-state index contributed by atoms with van der Waals surface area (Å²) in [6.45, 7) is 1.48. The van der Waals surface area contributed by atoms with Crippen molar-refractivity contribution in [1.82, 2.24) is 15.1 Å². The zero-order chi connectivity index (χ0) is 15.2. The van der Waals surface area contributed by atoms with E-state index in [0.29, 0.717) is 30.9 Å². The van der Waals surface area contributed by atoms with Gasteiger partial charge in [0.1, 0.15) is 11.5 Å². The van der Waals surface area contributed by atoms with E-state index in [2.05, 4.69) is 10.4 Å². The number of nitrogens with one attached hydrogen (secondary N) is 1. The minimum absolute atomic E-state index is 0.137. The predicted octanol–water partition coefficient (Wildman–Crippen LogP) is 0.846. The molecule has 1 aromatic carbocycles. The van der Waals surface area contributed by atoms with Crippen LogP contribution in [0.15, 0.2) is 30.5 Å². The van der Waals surface area contributed by atoms with E-state index >= 15 is 0 Å². The molecule has 0 spiro atoms. The predicted molar refractivity (Wildman–Crippen MR) is 75.6 cm³/mol. The fraction of sp³-hybridized carbons (Fsp3) is 0.286. The molecule has 2 aromatic rings. The Morgan fingerprint density at radius 2 is 2.29 bits per heavy atom. The molecule has 0 atom stereocenters. The molecular weight excluding hydrogens is 275 g/mol. The zero-order valence-corrected chi connectivity index (χ0v) is 11.7. The van der Waals surface area contributed by atoms with Gasteiger partial charge in [0, 0.05) is 32.0 Å². The maximum atomic E-state index is 14.0. The topological polar surface area (TPSA) is 82.2 Å². The number of nitrogens with zero attached hydrogens (tertiary/aromatic N) is 2. The summed E-state index contributed by atoms with van der Waals surface area (Å²) in [7, 11) is 1.60. The van der Waals surface area contributed by atoms with Crippen LogP contribution < -0.4 is 11.1 Å². The average Bonchev–Trinajstić information content (AvgIpc) is 2.94. The molecule has 0 aliphatic carbocycles. The molecule has 0 unspecified atom stereocenters. The largest absolute Gasteiger partial charge is 0.383 e. The molecule has 0 aliphatic rings. The molecule has 7 heteroatoms. The molecule has 1 amide bonds. The summed E-state index contributed by atoms with van der Waals surface area (Å²) in [4.78, 5) is 11.1. The number of carbonyl (C=O) groups excluding carboxylic acids is 1. The first kappa shape index (κ1) is 15.1. The van der Waals surface area contributed by atoms with Gasteiger partial charge in [-0.05, 0) is 18.2 Å². The van der Waals surface area contributed by atoms with Gasteiger partial charge in [0.2, 0.25) is 0 Å². The van der Waals surface area contributed by atoms with Crippen molar-refractivity contribution < 1.29 is 13.9 Å². The molecule has 0 saturated heterocycles. The minimum Gasteiger partial charge on any atom is -0.383 e. The quantitative estimate of drug-likeness (QED) is 0.741. The standard InChI is InChI=1S/C14H17FN4O2/c1-21-8-6-17-9-10-11(15)3-2-4-13(10)19-7-5-12(18-19)14(16)20/h2-5,7,17H,6,8-9H2,1H3,(H2,16,20). The van der Waals surface area contributed by atoms with Crippen LogP contribution in [-0.4, -0.2) is 35.9 Å². The number of amides is 1.